The summed E-state index contributed by atoms with van der Waals surface area (Å²) in [6.45, 7) is 15.8. The van der Waals surface area contributed by atoms with Crippen LogP contribution in [-0.2, 0) is 4.74 Å². The number of hydrogen-bond acceptors (Lipinski definition) is 4. The molecule has 0 aliphatic carbocycles. The Balaban J connectivity index is 0.00000172. The van der Waals surface area contributed by atoms with Gasteiger partial charge in [0.25, 0.3) is 0 Å². The van der Waals surface area contributed by atoms with Gasteiger partial charge in [-0.1, -0.05) is 13.8 Å². The average molecular weight is 287 g/mol. The van der Waals surface area contributed by atoms with Crippen molar-refractivity contribution in [3.05, 3.63) is 0 Å². The fourth-order valence-corrected chi connectivity index (χ4v) is 1.93. The maximum atomic E-state index is 11.4. The molecule has 2 N–H and O–H groups in total. The van der Waals surface area contributed by atoms with E-state index in [-0.39, 0.29) is 6.09 Å². The molecular weight excluding hydrogens is 254 g/mol. The largest absolute Gasteiger partial charge is 0.444 e. The van der Waals surface area contributed by atoms with E-state index in [9.17, 15) is 4.79 Å². The summed E-state index contributed by atoms with van der Waals surface area (Å²) in [5.41, 5.74) is -0.416. The van der Waals surface area contributed by atoms with E-state index in [4.69, 9.17) is 4.74 Å². The van der Waals surface area contributed by atoms with Crippen molar-refractivity contribution in [3.8, 4) is 0 Å². The van der Waals surface area contributed by atoms with Crippen molar-refractivity contribution in [3.63, 3.8) is 0 Å². The monoisotopic (exact) mass is 287 g/mol. The summed E-state index contributed by atoms with van der Waals surface area (Å²) >= 11 is 0. The van der Waals surface area contributed by atoms with Gasteiger partial charge in [0.1, 0.15) is 5.60 Å². The van der Waals surface area contributed by atoms with Crippen LogP contribution in [0.1, 0.15) is 47.5 Å². The maximum Gasteiger partial charge on any atom is 0.407 e. The Morgan fingerprint density at radius 2 is 1.95 bits per heavy atom. The first-order valence-corrected chi connectivity index (χ1v) is 7.87. The van der Waals surface area contributed by atoms with E-state index in [1.165, 1.54) is 6.42 Å². The lowest BCUT2D eigenvalue weighted by atomic mass is 10.2. The zero-order valence-electron chi connectivity index (χ0n) is 13.9. The van der Waals surface area contributed by atoms with E-state index in [1.807, 2.05) is 34.6 Å². The third-order valence-corrected chi connectivity index (χ3v) is 2.75. The fraction of sp³-hybridized carbons (Fsp3) is 0.933. The van der Waals surface area contributed by atoms with E-state index in [2.05, 4.69) is 15.5 Å². The first-order chi connectivity index (χ1) is 9.47. The van der Waals surface area contributed by atoms with Gasteiger partial charge in [-0.15, -0.1) is 0 Å². The molecule has 1 aliphatic heterocycles. The van der Waals surface area contributed by atoms with Crippen molar-refractivity contribution < 1.29 is 9.53 Å². The molecule has 1 amide bonds. The molecule has 1 rings (SSSR count). The van der Waals surface area contributed by atoms with Crippen LogP contribution in [0.4, 0.5) is 4.79 Å². The molecule has 0 aromatic carbocycles. The number of hydrogen-bond donors (Lipinski definition) is 2. The molecule has 5 nitrogen and oxygen atoms in total. The molecule has 0 radical (unpaired) electrons. The number of carbonyl (C=O) groups is 1. The Bertz CT molecular complexity index is 244. The van der Waals surface area contributed by atoms with Gasteiger partial charge in [0.2, 0.25) is 0 Å². The van der Waals surface area contributed by atoms with Gasteiger partial charge in [-0.05, 0) is 53.2 Å². The smallest absolute Gasteiger partial charge is 0.407 e. The number of ether oxygens (including phenoxy) is 1. The van der Waals surface area contributed by atoms with Crippen molar-refractivity contribution in [2.75, 3.05) is 39.3 Å². The minimum Gasteiger partial charge on any atom is -0.444 e. The first kappa shape index (κ1) is 19.2. The molecule has 20 heavy (non-hydrogen) atoms. The number of nitrogens with zero attached hydrogens (tertiary/aromatic N) is 1. The van der Waals surface area contributed by atoms with Crippen LogP contribution in [-0.4, -0.2) is 55.9 Å². The summed E-state index contributed by atoms with van der Waals surface area (Å²) in [4.78, 5) is 13.8. The van der Waals surface area contributed by atoms with Crippen molar-refractivity contribution in [1.82, 2.24) is 15.5 Å². The van der Waals surface area contributed by atoms with Crippen molar-refractivity contribution in [2.45, 2.75) is 53.1 Å². The van der Waals surface area contributed by atoms with Crippen molar-refractivity contribution >= 4 is 6.09 Å². The first-order valence-electron chi connectivity index (χ1n) is 7.87. The van der Waals surface area contributed by atoms with E-state index in [1.54, 1.807) is 0 Å². The highest BCUT2D eigenvalue weighted by molar-refractivity contribution is 5.67. The lowest BCUT2D eigenvalue weighted by Gasteiger charge is -2.21. The number of rotatable bonds is 4. The van der Waals surface area contributed by atoms with Gasteiger partial charge in [0.15, 0.2) is 0 Å². The normalized spacial score (nSPS) is 16.6. The van der Waals surface area contributed by atoms with Crippen LogP contribution in [0, 0.1) is 0 Å². The van der Waals surface area contributed by atoms with Crippen LogP contribution in [0.15, 0.2) is 0 Å². The number of nitrogens with one attached hydrogen (secondary N) is 2. The molecule has 0 spiro atoms. The molecule has 0 aromatic rings. The van der Waals surface area contributed by atoms with E-state index >= 15 is 0 Å². The summed E-state index contributed by atoms with van der Waals surface area (Å²) in [6, 6.07) is 0. The van der Waals surface area contributed by atoms with Gasteiger partial charge in [-0.25, -0.2) is 4.79 Å². The van der Waals surface area contributed by atoms with Crippen molar-refractivity contribution in [2.24, 2.45) is 0 Å². The SMILES string of the molecule is CC.CC(C)(C)OC(=O)NCCCN1CCCNCC1. The van der Waals surface area contributed by atoms with Crippen LogP contribution in [0.2, 0.25) is 0 Å². The standard InChI is InChI=1S/C13H27N3O2.C2H6/c1-13(2,3)18-12(17)15-7-5-10-16-9-4-6-14-8-11-16;1-2/h14H,4-11H2,1-3H3,(H,15,17);1-2H3. The van der Waals surface area contributed by atoms with Gasteiger partial charge >= 0.3 is 6.09 Å². The minimum absolute atomic E-state index is 0.319. The Morgan fingerprint density at radius 1 is 1.25 bits per heavy atom. The lowest BCUT2D eigenvalue weighted by molar-refractivity contribution is 0.0526. The van der Waals surface area contributed by atoms with E-state index in [0.717, 1.165) is 39.1 Å². The molecule has 1 fully saturated rings. The average Bonchev–Trinajstić information content (AvgIpc) is 2.63. The number of amides is 1. The van der Waals surface area contributed by atoms with E-state index < -0.39 is 5.60 Å². The Hall–Kier alpha value is -0.810. The van der Waals surface area contributed by atoms with Gasteiger partial charge in [0.05, 0.1) is 0 Å². The Labute approximate surface area is 124 Å². The predicted molar refractivity (Wildman–Crippen MR) is 84.1 cm³/mol. The minimum atomic E-state index is -0.416. The summed E-state index contributed by atoms with van der Waals surface area (Å²) in [7, 11) is 0. The Kier molecular flexibility index (Phi) is 10.5. The highest BCUT2D eigenvalue weighted by Gasteiger charge is 2.15. The zero-order valence-corrected chi connectivity index (χ0v) is 13.9. The van der Waals surface area contributed by atoms with E-state index in [0.29, 0.717) is 6.54 Å². The van der Waals surface area contributed by atoms with Gasteiger partial charge < -0.3 is 20.3 Å². The summed E-state index contributed by atoms with van der Waals surface area (Å²) in [6.07, 6.45) is 1.86. The number of alkyl carbamates (subject to hydrolysis) is 1. The van der Waals surface area contributed by atoms with Crippen LogP contribution in [0.3, 0.4) is 0 Å². The molecule has 0 saturated carbocycles. The molecule has 120 valence electrons. The molecule has 1 saturated heterocycles. The molecule has 0 bridgehead atoms. The fourth-order valence-electron chi connectivity index (χ4n) is 1.93. The van der Waals surface area contributed by atoms with Crippen LogP contribution >= 0.6 is 0 Å². The second-order valence-electron chi connectivity index (χ2n) is 5.73. The van der Waals surface area contributed by atoms with Crippen molar-refractivity contribution in [1.29, 1.82) is 0 Å². The summed E-state index contributed by atoms with van der Waals surface area (Å²) in [5, 5.41) is 6.17. The highest BCUT2D eigenvalue weighted by Crippen LogP contribution is 2.06. The molecule has 0 unspecified atom stereocenters. The van der Waals surface area contributed by atoms with Crippen LogP contribution in [0.25, 0.3) is 0 Å². The molecular formula is C15H33N3O2. The Morgan fingerprint density at radius 3 is 2.60 bits per heavy atom. The summed E-state index contributed by atoms with van der Waals surface area (Å²) in [5.74, 6) is 0. The third-order valence-electron chi connectivity index (χ3n) is 2.75. The molecule has 1 heterocycles. The predicted octanol–water partition coefficient (Wildman–Crippen LogP) is 2.22. The van der Waals surface area contributed by atoms with Crippen LogP contribution < -0.4 is 10.6 Å². The van der Waals surface area contributed by atoms with Gasteiger partial charge in [0, 0.05) is 19.6 Å². The molecule has 5 heteroatoms. The maximum absolute atomic E-state index is 11.4. The third kappa shape index (κ3) is 11.1. The second-order valence-corrected chi connectivity index (χ2v) is 5.73. The second kappa shape index (κ2) is 10.9. The zero-order chi connectivity index (χ0) is 15.4. The topological polar surface area (TPSA) is 53.6 Å². The van der Waals surface area contributed by atoms with Gasteiger partial charge in [-0.2, -0.15) is 0 Å². The molecule has 0 atom stereocenters. The van der Waals surface area contributed by atoms with Crippen LogP contribution in [0.5, 0.6) is 0 Å². The molecule has 1 aliphatic rings. The molecule has 0 aromatic heterocycles. The lowest BCUT2D eigenvalue weighted by Crippen LogP contribution is -2.35. The summed E-state index contributed by atoms with van der Waals surface area (Å²) < 4.78 is 5.18. The van der Waals surface area contributed by atoms with Gasteiger partial charge in [-0.3, -0.25) is 0 Å². The quantitative estimate of drug-likeness (QED) is 0.779. The number of carbonyl (C=O) groups excluding carboxylic acids is 1. The highest BCUT2D eigenvalue weighted by atomic mass is 16.6.